The molecule has 26 heavy (non-hydrogen) atoms. The summed E-state index contributed by atoms with van der Waals surface area (Å²) in [4.78, 5) is 14.4. The van der Waals surface area contributed by atoms with Crippen molar-refractivity contribution in [2.75, 3.05) is 6.61 Å². The number of carbonyl (C=O) groups is 1. The Labute approximate surface area is 155 Å². The summed E-state index contributed by atoms with van der Waals surface area (Å²) in [5.41, 5.74) is 3.12. The van der Waals surface area contributed by atoms with E-state index in [0.29, 0.717) is 24.9 Å². The summed E-state index contributed by atoms with van der Waals surface area (Å²) < 4.78 is 5.70. The zero-order valence-corrected chi connectivity index (χ0v) is 15.2. The van der Waals surface area contributed by atoms with E-state index in [4.69, 9.17) is 9.99 Å². The number of benzene rings is 1. The van der Waals surface area contributed by atoms with E-state index in [1.165, 1.54) is 19.3 Å². The molecule has 140 valence electrons. The fourth-order valence-corrected chi connectivity index (χ4v) is 3.27. The van der Waals surface area contributed by atoms with E-state index in [2.05, 4.69) is 28.8 Å². The molecule has 1 aromatic carbocycles. The molecular weight excluding hydrogens is 328 g/mol. The SMILES string of the molecule is O=C(CCC=C=CC[C@H]1CCC[C@@H]1/C=C/CCOc1ccccc1)OO. The molecule has 2 rings (SSSR count). The van der Waals surface area contributed by atoms with Crippen LogP contribution < -0.4 is 4.74 Å². The fraction of sp³-hybridized carbons (Fsp3) is 0.455. The first kappa shape index (κ1) is 20.0. The van der Waals surface area contributed by atoms with E-state index in [-0.39, 0.29) is 6.42 Å². The second-order valence-electron chi connectivity index (χ2n) is 6.55. The van der Waals surface area contributed by atoms with Gasteiger partial charge in [0.1, 0.15) is 5.75 Å². The summed E-state index contributed by atoms with van der Waals surface area (Å²) in [7, 11) is 0. The van der Waals surface area contributed by atoms with Crippen LogP contribution in [0.2, 0.25) is 0 Å². The molecule has 0 bridgehead atoms. The molecular formula is C22H28O4. The molecule has 1 fully saturated rings. The third-order valence-corrected chi connectivity index (χ3v) is 4.65. The minimum absolute atomic E-state index is 0.178. The van der Waals surface area contributed by atoms with Gasteiger partial charge in [0, 0.05) is 0 Å². The highest BCUT2D eigenvalue weighted by molar-refractivity contribution is 5.68. The van der Waals surface area contributed by atoms with Crippen LogP contribution in [0.25, 0.3) is 0 Å². The molecule has 1 aliphatic rings. The van der Waals surface area contributed by atoms with Gasteiger partial charge >= 0.3 is 5.97 Å². The molecule has 4 nitrogen and oxygen atoms in total. The summed E-state index contributed by atoms with van der Waals surface area (Å²) in [5, 5.41) is 8.17. The van der Waals surface area contributed by atoms with E-state index < -0.39 is 5.97 Å². The lowest BCUT2D eigenvalue weighted by Crippen LogP contribution is -2.04. The second kappa shape index (κ2) is 12.1. The van der Waals surface area contributed by atoms with Gasteiger partial charge in [0.2, 0.25) is 0 Å². The minimum atomic E-state index is -0.611. The topological polar surface area (TPSA) is 55.8 Å². The Morgan fingerprint density at radius 3 is 2.85 bits per heavy atom. The van der Waals surface area contributed by atoms with Crippen molar-refractivity contribution >= 4 is 5.97 Å². The van der Waals surface area contributed by atoms with Gasteiger partial charge in [-0.15, -0.1) is 5.73 Å². The lowest BCUT2D eigenvalue weighted by atomic mass is 9.92. The van der Waals surface area contributed by atoms with E-state index in [1.807, 2.05) is 36.4 Å². The van der Waals surface area contributed by atoms with Gasteiger partial charge in [-0.05, 0) is 68.2 Å². The standard InChI is InChI=1S/C22H28O4/c23-22(26-24)17-7-2-1-4-11-19-13-10-14-20(19)12-8-9-18-25-21-15-5-3-6-16-21/h2-6,8,12,15-16,19-20,24H,7,9-11,13-14,17-18H2/b12-8+/t1?,19-,20-/m0/s1. The number of para-hydroxylation sites is 1. The fourth-order valence-electron chi connectivity index (χ4n) is 3.27. The van der Waals surface area contributed by atoms with Gasteiger partial charge in [0.15, 0.2) is 0 Å². The second-order valence-corrected chi connectivity index (χ2v) is 6.55. The molecule has 0 heterocycles. The Kier molecular flexibility index (Phi) is 9.34. The molecule has 0 saturated heterocycles. The van der Waals surface area contributed by atoms with Crippen molar-refractivity contribution in [2.24, 2.45) is 11.8 Å². The summed E-state index contributed by atoms with van der Waals surface area (Å²) >= 11 is 0. The monoisotopic (exact) mass is 356 g/mol. The Morgan fingerprint density at radius 2 is 2.04 bits per heavy atom. The van der Waals surface area contributed by atoms with Crippen LogP contribution in [0, 0.1) is 11.8 Å². The zero-order valence-electron chi connectivity index (χ0n) is 15.2. The van der Waals surface area contributed by atoms with Gasteiger partial charge in [-0.25, -0.2) is 4.79 Å². The molecule has 0 aliphatic heterocycles. The Hall–Kier alpha value is -2.29. The van der Waals surface area contributed by atoms with Gasteiger partial charge < -0.3 is 9.62 Å². The van der Waals surface area contributed by atoms with Crippen LogP contribution in [0.1, 0.15) is 44.9 Å². The average molecular weight is 356 g/mol. The average Bonchev–Trinajstić information content (AvgIpc) is 3.12. The molecule has 1 N–H and O–H groups in total. The van der Waals surface area contributed by atoms with Gasteiger partial charge in [-0.2, -0.15) is 5.26 Å². The molecule has 1 aromatic rings. The van der Waals surface area contributed by atoms with Crippen LogP contribution in [-0.2, 0) is 9.68 Å². The smallest absolute Gasteiger partial charge is 0.342 e. The summed E-state index contributed by atoms with van der Waals surface area (Å²) in [6.07, 6.45) is 14.9. The van der Waals surface area contributed by atoms with Crippen molar-refractivity contribution in [1.29, 1.82) is 0 Å². The summed E-state index contributed by atoms with van der Waals surface area (Å²) in [5.74, 6) is 1.61. The molecule has 0 radical (unpaired) electrons. The van der Waals surface area contributed by atoms with E-state index in [9.17, 15) is 4.79 Å². The molecule has 1 saturated carbocycles. The Bertz CT molecular complexity index is 614. The molecule has 1 aliphatic carbocycles. The van der Waals surface area contributed by atoms with Crippen LogP contribution >= 0.6 is 0 Å². The normalized spacial score (nSPS) is 19.1. The van der Waals surface area contributed by atoms with Crippen molar-refractivity contribution in [2.45, 2.75) is 44.9 Å². The Balaban J connectivity index is 1.65. The van der Waals surface area contributed by atoms with Crippen LogP contribution in [0.15, 0.2) is 60.4 Å². The van der Waals surface area contributed by atoms with Crippen molar-refractivity contribution in [3.63, 3.8) is 0 Å². The van der Waals surface area contributed by atoms with Crippen LogP contribution in [0.5, 0.6) is 5.75 Å². The van der Waals surface area contributed by atoms with E-state index >= 15 is 0 Å². The van der Waals surface area contributed by atoms with Gasteiger partial charge in [0.05, 0.1) is 13.0 Å². The highest BCUT2D eigenvalue weighted by Crippen LogP contribution is 2.35. The number of ether oxygens (including phenoxy) is 1. The molecule has 0 aromatic heterocycles. The number of rotatable bonds is 10. The van der Waals surface area contributed by atoms with E-state index in [1.54, 1.807) is 0 Å². The van der Waals surface area contributed by atoms with Gasteiger partial charge in [-0.1, -0.05) is 36.8 Å². The van der Waals surface area contributed by atoms with Gasteiger partial charge in [0.25, 0.3) is 0 Å². The quantitative estimate of drug-likeness (QED) is 0.202. The van der Waals surface area contributed by atoms with Gasteiger partial charge in [-0.3, -0.25) is 0 Å². The van der Waals surface area contributed by atoms with Crippen LogP contribution in [-0.4, -0.2) is 17.8 Å². The third-order valence-electron chi connectivity index (χ3n) is 4.65. The van der Waals surface area contributed by atoms with Crippen molar-refractivity contribution < 1.29 is 19.7 Å². The first-order valence-electron chi connectivity index (χ1n) is 9.37. The van der Waals surface area contributed by atoms with Crippen LogP contribution in [0.3, 0.4) is 0 Å². The molecule has 2 atom stereocenters. The van der Waals surface area contributed by atoms with Crippen molar-refractivity contribution in [1.82, 2.24) is 0 Å². The number of hydrogen-bond acceptors (Lipinski definition) is 4. The largest absolute Gasteiger partial charge is 0.493 e. The highest BCUT2D eigenvalue weighted by atomic mass is 17.1. The molecule has 0 unspecified atom stereocenters. The predicted molar refractivity (Wildman–Crippen MR) is 102 cm³/mol. The highest BCUT2D eigenvalue weighted by Gasteiger charge is 2.23. The maximum Gasteiger partial charge on any atom is 0.342 e. The molecule has 0 amide bonds. The minimum Gasteiger partial charge on any atom is -0.493 e. The third kappa shape index (κ3) is 7.73. The van der Waals surface area contributed by atoms with E-state index in [0.717, 1.165) is 18.6 Å². The first-order valence-corrected chi connectivity index (χ1v) is 9.37. The van der Waals surface area contributed by atoms with Crippen molar-refractivity contribution in [3.8, 4) is 5.75 Å². The number of allylic oxidation sites excluding steroid dienone is 2. The first-order chi connectivity index (χ1) is 12.8. The zero-order chi connectivity index (χ0) is 18.5. The number of hydrogen-bond donors (Lipinski definition) is 1. The summed E-state index contributed by atoms with van der Waals surface area (Å²) in [6.45, 7) is 0.705. The van der Waals surface area contributed by atoms with Crippen LogP contribution in [0.4, 0.5) is 0 Å². The molecule has 4 heteroatoms. The Morgan fingerprint density at radius 1 is 1.19 bits per heavy atom. The maximum absolute atomic E-state index is 10.8. The number of carbonyl (C=O) groups excluding carboxylic acids is 1. The molecule has 0 spiro atoms. The lowest BCUT2D eigenvalue weighted by Gasteiger charge is -2.13. The lowest BCUT2D eigenvalue weighted by molar-refractivity contribution is -0.234. The summed E-state index contributed by atoms with van der Waals surface area (Å²) in [6, 6.07) is 9.90. The van der Waals surface area contributed by atoms with Crippen molar-refractivity contribution in [3.05, 3.63) is 60.4 Å². The predicted octanol–water partition coefficient (Wildman–Crippen LogP) is 5.33. The maximum atomic E-state index is 10.8.